The van der Waals surface area contributed by atoms with Gasteiger partial charge in [-0.3, -0.25) is 4.98 Å². The second-order valence-electron chi connectivity index (χ2n) is 5.63. The van der Waals surface area contributed by atoms with Crippen molar-refractivity contribution in [1.82, 2.24) is 19.3 Å². The molecule has 11 heteroatoms. The third-order valence-corrected chi connectivity index (χ3v) is 5.80. The predicted molar refractivity (Wildman–Crippen MR) is 99.2 cm³/mol. The third-order valence-electron chi connectivity index (χ3n) is 3.86. The molecule has 0 spiro atoms. The molecule has 0 radical (unpaired) electrons. The zero-order valence-electron chi connectivity index (χ0n) is 14.2. The molecule has 0 saturated carbocycles. The van der Waals surface area contributed by atoms with Crippen LogP contribution in [-0.2, 0) is 16.4 Å². The standard InChI is InChI=1S/C17H14ClFN4O4S/c18-16-13(4-2-7-21-16)15-14(19)11(5-8-22-17(24)25)10-23(15)28(26,27)12-3-1-6-20-9-12/h1-4,6-7,9-10,22H,5,8H2,(H,24,25). The molecule has 28 heavy (non-hydrogen) atoms. The van der Waals surface area contributed by atoms with E-state index in [2.05, 4.69) is 15.3 Å². The highest BCUT2D eigenvalue weighted by Crippen LogP contribution is 2.34. The van der Waals surface area contributed by atoms with Gasteiger partial charge in [-0.1, -0.05) is 11.6 Å². The van der Waals surface area contributed by atoms with Crippen LogP contribution in [0.1, 0.15) is 5.56 Å². The van der Waals surface area contributed by atoms with Gasteiger partial charge in [0.25, 0.3) is 10.0 Å². The number of carboxylic acid groups (broad SMARTS) is 1. The van der Waals surface area contributed by atoms with Crippen molar-refractivity contribution in [3.8, 4) is 11.3 Å². The maximum absolute atomic E-state index is 15.2. The molecule has 3 rings (SSSR count). The number of hydrogen-bond donors (Lipinski definition) is 2. The Morgan fingerprint density at radius 2 is 2.04 bits per heavy atom. The van der Waals surface area contributed by atoms with E-state index in [1.54, 1.807) is 0 Å². The van der Waals surface area contributed by atoms with Gasteiger partial charge >= 0.3 is 6.09 Å². The first-order valence-corrected chi connectivity index (χ1v) is 9.77. The summed E-state index contributed by atoms with van der Waals surface area (Å²) in [5.74, 6) is -0.824. The molecule has 3 aromatic rings. The van der Waals surface area contributed by atoms with Crippen LogP contribution in [0, 0.1) is 5.82 Å². The molecule has 0 atom stereocenters. The molecule has 0 saturated heterocycles. The molecule has 0 bridgehead atoms. The molecule has 0 aromatic carbocycles. The monoisotopic (exact) mass is 424 g/mol. The van der Waals surface area contributed by atoms with Crippen LogP contribution < -0.4 is 5.32 Å². The number of rotatable bonds is 6. The lowest BCUT2D eigenvalue weighted by atomic mass is 10.1. The van der Waals surface area contributed by atoms with Crippen LogP contribution in [0.3, 0.4) is 0 Å². The second kappa shape index (κ2) is 7.95. The summed E-state index contributed by atoms with van der Waals surface area (Å²) in [6.45, 7) is -0.0938. The Morgan fingerprint density at radius 3 is 2.68 bits per heavy atom. The maximum atomic E-state index is 15.2. The molecule has 8 nitrogen and oxygen atoms in total. The van der Waals surface area contributed by atoms with Gasteiger partial charge in [-0.15, -0.1) is 0 Å². The maximum Gasteiger partial charge on any atom is 0.404 e. The topological polar surface area (TPSA) is 114 Å². The van der Waals surface area contributed by atoms with Gasteiger partial charge in [-0.2, -0.15) is 0 Å². The molecule has 0 aliphatic heterocycles. The Kier molecular flexibility index (Phi) is 5.61. The van der Waals surface area contributed by atoms with Gasteiger partial charge in [0.05, 0.1) is 0 Å². The fourth-order valence-electron chi connectivity index (χ4n) is 2.59. The van der Waals surface area contributed by atoms with Crippen molar-refractivity contribution in [2.45, 2.75) is 11.3 Å². The van der Waals surface area contributed by atoms with Gasteiger partial charge in [-0.05, 0) is 30.7 Å². The van der Waals surface area contributed by atoms with Crippen molar-refractivity contribution < 1.29 is 22.7 Å². The summed E-state index contributed by atoms with van der Waals surface area (Å²) in [7, 11) is -4.19. The highest BCUT2D eigenvalue weighted by atomic mass is 35.5. The average molecular weight is 425 g/mol. The zero-order chi connectivity index (χ0) is 20.3. The van der Waals surface area contributed by atoms with Crippen LogP contribution in [0.5, 0.6) is 0 Å². The molecule has 146 valence electrons. The Labute approximate surface area is 164 Å². The van der Waals surface area contributed by atoms with Crippen LogP contribution in [0.2, 0.25) is 5.15 Å². The third kappa shape index (κ3) is 3.82. The lowest BCUT2D eigenvalue weighted by Crippen LogP contribution is -2.23. The highest BCUT2D eigenvalue weighted by molar-refractivity contribution is 7.90. The molecule has 0 aliphatic rings. The number of nitrogens with one attached hydrogen (secondary N) is 1. The van der Waals surface area contributed by atoms with Crippen LogP contribution in [-0.4, -0.2) is 40.1 Å². The fourth-order valence-corrected chi connectivity index (χ4v) is 4.16. The smallest absolute Gasteiger partial charge is 0.404 e. The summed E-state index contributed by atoms with van der Waals surface area (Å²) in [6.07, 6.45) is 3.74. The Bertz CT molecular complexity index is 1120. The zero-order valence-corrected chi connectivity index (χ0v) is 15.8. The van der Waals surface area contributed by atoms with Gasteiger partial charge in [0, 0.05) is 42.5 Å². The average Bonchev–Trinajstić information content (AvgIpc) is 3.00. The Morgan fingerprint density at radius 1 is 1.29 bits per heavy atom. The van der Waals surface area contributed by atoms with E-state index in [4.69, 9.17) is 16.7 Å². The number of nitrogens with zero attached hydrogens (tertiary/aromatic N) is 3. The summed E-state index contributed by atoms with van der Waals surface area (Å²) >= 11 is 6.07. The summed E-state index contributed by atoms with van der Waals surface area (Å²) in [6, 6.07) is 5.73. The Hall–Kier alpha value is -2.98. The molecule has 0 aliphatic carbocycles. The van der Waals surface area contributed by atoms with Crippen LogP contribution >= 0.6 is 11.6 Å². The van der Waals surface area contributed by atoms with E-state index in [0.717, 1.165) is 16.4 Å². The summed E-state index contributed by atoms with van der Waals surface area (Å²) in [5, 5.41) is 10.7. The van der Waals surface area contributed by atoms with Crippen LogP contribution in [0.4, 0.5) is 9.18 Å². The SMILES string of the molecule is O=C(O)NCCc1cn(S(=O)(=O)c2cccnc2)c(-c2cccnc2Cl)c1F. The Balaban J connectivity index is 2.18. The van der Waals surface area contributed by atoms with Gasteiger partial charge in [0.15, 0.2) is 5.82 Å². The molecule has 0 fully saturated rings. The summed E-state index contributed by atoms with van der Waals surface area (Å²) in [5.41, 5.74) is -0.185. The van der Waals surface area contributed by atoms with Gasteiger partial charge in [0.2, 0.25) is 0 Å². The molecule has 0 unspecified atom stereocenters. The fraction of sp³-hybridized carbons (Fsp3) is 0.118. The number of pyridine rings is 2. The van der Waals surface area contributed by atoms with E-state index < -0.39 is 21.9 Å². The van der Waals surface area contributed by atoms with E-state index in [1.165, 1.54) is 36.7 Å². The molecule has 1 amide bonds. The lowest BCUT2D eigenvalue weighted by Gasteiger charge is -2.11. The number of hydrogen-bond acceptors (Lipinski definition) is 5. The van der Waals surface area contributed by atoms with E-state index in [0.29, 0.717) is 0 Å². The molecular weight excluding hydrogens is 411 g/mol. The minimum atomic E-state index is -4.19. The van der Waals surface area contributed by atoms with Gasteiger partial charge in [-0.25, -0.2) is 26.6 Å². The highest BCUT2D eigenvalue weighted by Gasteiger charge is 2.28. The van der Waals surface area contributed by atoms with Crippen molar-refractivity contribution in [3.05, 3.63) is 65.6 Å². The largest absolute Gasteiger partial charge is 0.465 e. The second-order valence-corrected chi connectivity index (χ2v) is 7.80. The lowest BCUT2D eigenvalue weighted by molar-refractivity contribution is 0.194. The number of halogens is 2. The summed E-state index contributed by atoms with van der Waals surface area (Å²) in [4.78, 5) is 18.2. The number of aromatic nitrogens is 3. The number of amides is 1. The van der Waals surface area contributed by atoms with Crippen LogP contribution in [0.15, 0.2) is 53.9 Å². The minimum Gasteiger partial charge on any atom is -0.465 e. The molecule has 3 heterocycles. The molecule has 2 N–H and O–H groups in total. The number of carbonyl (C=O) groups is 1. The summed E-state index contributed by atoms with van der Waals surface area (Å²) < 4.78 is 42.1. The minimum absolute atomic E-state index is 0.0103. The predicted octanol–water partition coefficient (Wildman–Crippen LogP) is 2.78. The van der Waals surface area contributed by atoms with E-state index >= 15 is 4.39 Å². The first-order valence-electron chi connectivity index (χ1n) is 7.95. The van der Waals surface area contributed by atoms with Crippen molar-refractivity contribution in [3.63, 3.8) is 0 Å². The van der Waals surface area contributed by atoms with E-state index in [-0.39, 0.29) is 39.8 Å². The normalized spacial score (nSPS) is 11.4. The van der Waals surface area contributed by atoms with Crippen LogP contribution in [0.25, 0.3) is 11.3 Å². The first-order chi connectivity index (χ1) is 13.3. The van der Waals surface area contributed by atoms with Crippen molar-refractivity contribution in [2.24, 2.45) is 0 Å². The van der Waals surface area contributed by atoms with Crippen molar-refractivity contribution in [1.29, 1.82) is 0 Å². The molecular formula is C17H14ClFN4O4S. The van der Waals surface area contributed by atoms with E-state index in [1.807, 2.05) is 0 Å². The quantitative estimate of drug-likeness (QED) is 0.588. The van der Waals surface area contributed by atoms with Crippen molar-refractivity contribution in [2.75, 3.05) is 6.54 Å². The van der Waals surface area contributed by atoms with Gasteiger partial charge in [0.1, 0.15) is 15.7 Å². The van der Waals surface area contributed by atoms with Crippen molar-refractivity contribution >= 4 is 27.7 Å². The van der Waals surface area contributed by atoms with Gasteiger partial charge < -0.3 is 10.4 Å². The van der Waals surface area contributed by atoms with E-state index in [9.17, 15) is 13.2 Å². The molecule has 3 aromatic heterocycles. The first kappa shape index (κ1) is 19.8.